The van der Waals surface area contributed by atoms with Crippen LogP contribution in [0.5, 0.6) is 0 Å². The second-order valence-electron chi connectivity index (χ2n) is 15.8. The standard InChI is InChI=1S/C18H20F3N4O3S2.C18H18F3N3O4S2/c1-17(2)15(26)24(11-7-8-13(23-3)12(10-11)18(19,20)21)16(29)25(17)9-5-4-6-14(25)30(22,27)28;1-17(2)15(25)23(11-7-8-13(22-3)12(10-11)18(19,20)21)16(29)24(17)9-5-4-6-14(24)30(26,27)28/h7-8,10,14H,4-6,9H2,1-2H3,(H2,22,27,28);7-8,10,14H,4-6,9H2,1-2H3/q+1;/p+1. The van der Waals surface area contributed by atoms with Gasteiger partial charge in [0.15, 0.2) is 22.5 Å². The molecular formula is C36H39F6N7O7S4+2. The second kappa shape index (κ2) is 15.3. The van der Waals surface area contributed by atoms with Crippen LogP contribution >= 0.6 is 24.4 Å². The minimum absolute atomic E-state index is 0.0635. The van der Waals surface area contributed by atoms with Gasteiger partial charge in [0.05, 0.1) is 48.7 Å². The highest BCUT2D eigenvalue weighted by Gasteiger charge is 2.71. The highest BCUT2D eigenvalue weighted by molar-refractivity contribution is 7.89. The van der Waals surface area contributed by atoms with Gasteiger partial charge in [-0.1, -0.05) is 12.1 Å². The van der Waals surface area contributed by atoms with Crippen molar-refractivity contribution in [3.05, 3.63) is 70.4 Å². The quantitative estimate of drug-likeness (QED) is 0.107. The zero-order valence-electron chi connectivity index (χ0n) is 32.3. The molecule has 2 amide bonds. The molecule has 2 aromatic carbocycles. The van der Waals surface area contributed by atoms with E-state index in [4.69, 9.17) is 42.7 Å². The Morgan fingerprint density at radius 2 is 1.07 bits per heavy atom. The van der Waals surface area contributed by atoms with Crippen LogP contribution in [0.4, 0.5) is 49.1 Å². The maximum Gasteiger partial charge on any atom is 0.407 e. The number of nitrogens with two attached hydrogens (primary N) is 1. The smallest absolute Gasteiger partial charge is 0.281 e. The van der Waals surface area contributed by atoms with E-state index >= 15 is 0 Å². The number of carbonyl (C=O) groups excluding carboxylic acids is 2. The first kappa shape index (κ1) is 46.9. The minimum atomic E-state index is -4.83. The van der Waals surface area contributed by atoms with E-state index in [0.717, 1.165) is 21.9 Å². The molecule has 14 nitrogen and oxygen atoms in total. The molecule has 4 saturated heterocycles. The zero-order chi connectivity index (χ0) is 45.4. The number of rotatable bonds is 4. The third kappa shape index (κ3) is 7.27. The van der Waals surface area contributed by atoms with Crippen molar-refractivity contribution >= 4 is 89.4 Å². The van der Waals surface area contributed by atoms with Crippen LogP contribution < -0.4 is 14.9 Å². The van der Waals surface area contributed by atoms with Crippen LogP contribution in [-0.4, -0.2) is 87.3 Å². The highest BCUT2D eigenvalue weighted by Crippen LogP contribution is 2.49. The van der Waals surface area contributed by atoms with E-state index in [1.54, 1.807) is 0 Å². The molecule has 4 aliphatic heterocycles. The molecule has 24 heteroatoms. The van der Waals surface area contributed by atoms with Crippen molar-refractivity contribution in [3.63, 3.8) is 0 Å². The minimum Gasteiger partial charge on any atom is -0.281 e. The Morgan fingerprint density at radius 1 is 0.717 bits per heavy atom. The van der Waals surface area contributed by atoms with Crippen LogP contribution in [0.1, 0.15) is 77.3 Å². The molecule has 6 rings (SSSR count). The number of hydrogen-bond acceptors (Lipinski definition) is 8. The van der Waals surface area contributed by atoms with Gasteiger partial charge in [0.2, 0.25) is 10.7 Å². The number of sulfonamides is 1. The molecule has 324 valence electrons. The van der Waals surface area contributed by atoms with Gasteiger partial charge in [-0.3, -0.25) is 14.1 Å². The summed E-state index contributed by atoms with van der Waals surface area (Å²) in [5.74, 6) is -1.29. The number of amides is 2. The van der Waals surface area contributed by atoms with Crippen LogP contribution in [0.25, 0.3) is 9.69 Å². The first-order valence-electron chi connectivity index (χ1n) is 18.1. The lowest BCUT2D eigenvalue weighted by molar-refractivity contribution is -0.889. The summed E-state index contributed by atoms with van der Waals surface area (Å²) in [6.45, 7) is 20.3. The van der Waals surface area contributed by atoms with Gasteiger partial charge in [-0.05, 0) is 49.9 Å². The first-order chi connectivity index (χ1) is 27.4. The number of primary sulfonamides is 1. The van der Waals surface area contributed by atoms with Gasteiger partial charge in [-0.25, -0.2) is 42.0 Å². The SMILES string of the molecule is [C-]#[N+]c1ccc(N2C(=O)C(C)(C)[N+]3(CCCCC3S(=O)(=O)O)C2=S)cc1C(F)(F)F.[C-]#[N+]c1ccc(N2C(=O)C(C)(C)[N+]3(CCCCC3S(N)(=O)=O)C2=S)cc1C(F)(F)F. The molecule has 4 fully saturated rings. The van der Waals surface area contributed by atoms with Gasteiger partial charge in [0, 0.05) is 65.0 Å². The summed E-state index contributed by atoms with van der Waals surface area (Å²) in [5.41, 5.74) is -6.79. The number of quaternary nitrogens is 2. The van der Waals surface area contributed by atoms with Crippen molar-refractivity contribution in [1.29, 1.82) is 0 Å². The van der Waals surface area contributed by atoms with E-state index in [1.807, 2.05) is 0 Å². The third-order valence-electron chi connectivity index (χ3n) is 12.0. The molecule has 0 saturated carbocycles. The largest absolute Gasteiger partial charge is 0.407 e. The molecule has 60 heavy (non-hydrogen) atoms. The number of anilines is 2. The van der Waals surface area contributed by atoms with E-state index in [9.17, 15) is 57.3 Å². The van der Waals surface area contributed by atoms with Gasteiger partial charge in [-0.2, -0.15) is 34.8 Å². The van der Waals surface area contributed by atoms with Crippen LogP contribution in [0.3, 0.4) is 0 Å². The zero-order valence-corrected chi connectivity index (χ0v) is 35.6. The average Bonchev–Trinajstić information content (AvgIpc) is 3.38. The van der Waals surface area contributed by atoms with Crippen LogP contribution in [0.2, 0.25) is 0 Å². The van der Waals surface area contributed by atoms with E-state index in [2.05, 4.69) is 9.69 Å². The summed E-state index contributed by atoms with van der Waals surface area (Å²) in [6, 6.07) is 5.68. The summed E-state index contributed by atoms with van der Waals surface area (Å²) in [7, 11) is -8.71. The summed E-state index contributed by atoms with van der Waals surface area (Å²) in [6.07, 6.45) is -7.20. The molecule has 0 aliphatic carbocycles. The topological polar surface area (TPSA) is 164 Å². The van der Waals surface area contributed by atoms with Crippen molar-refractivity contribution in [2.24, 2.45) is 5.14 Å². The van der Waals surface area contributed by atoms with Gasteiger partial charge in [0.1, 0.15) is 0 Å². The molecule has 4 heterocycles. The number of thiocarbonyl (C=S) groups is 2. The predicted octanol–water partition coefficient (Wildman–Crippen LogP) is 7.16. The van der Waals surface area contributed by atoms with Gasteiger partial charge in [-0.15, -0.1) is 0 Å². The summed E-state index contributed by atoms with van der Waals surface area (Å²) in [5, 5.41) is 2.62. The summed E-state index contributed by atoms with van der Waals surface area (Å²) >= 11 is 11.0. The lowest BCUT2D eigenvalue weighted by Crippen LogP contribution is -2.71. The monoisotopic (exact) mass is 923 g/mol. The number of nitrogens with zero attached hydrogens (tertiary/aromatic N) is 6. The van der Waals surface area contributed by atoms with Crippen molar-refractivity contribution in [2.75, 3.05) is 22.9 Å². The summed E-state index contributed by atoms with van der Waals surface area (Å²) in [4.78, 5) is 34.3. The van der Waals surface area contributed by atoms with Crippen molar-refractivity contribution in [3.8, 4) is 0 Å². The maximum atomic E-state index is 13.4. The number of halogens is 6. The molecule has 4 aliphatic rings. The lowest BCUT2D eigenvalue weighted by atomic mass is 9.95. The Labute approximate surface area is 353 Å². The molecule has 0 aromatic heterocycles. The number of alkyl halides is 6. The molecule has 0 radical (unpaired) electrons. The fourth-order valence-electron chi connectivity index (χ4n) is 8.93. The summed E-state index contributed by atoms with van der Waals surface area (Å²) < 4.78 is 139. The Kier molecular flexibility index (Phi) is 12.0. The third-order valence-corrected chi connectivity index (χ3v) is 15.6. The Morgan fingerprint density at radius 3 is 1.38 bits per heavy atom. The van der Waals surface area contributed by atoms with Crippen LogP contribution in [-0.2, 0) is 42.1 Å². The molecule has 2 aromatic rings. The molecule has 4 unspecified atom stereocenters. The normalized spacial score (nSPS) is 26.8. The number of piperidine rings is 2. The van der Waals surface area contributed by atoms with Crippen molar-refractivity contribution in [1.82, 2.24) is 0 Å². The van der Waals surface area contributed by atoms with Crippen molar-refractivity contribution in [2.45, 2.75) is 100 Å². The molecule has 2 spiro atoms. The molecule has 0 bridgehead atoms. The maximum absolute atomic E-state index is 13.4. The van der Waals surface area contributed by atoms with Crippen molar-refractivity contribution < 1.29 is 66.3 Å². The van der Waals surface area contributed by atoms with E-state index < -0.39 is 97.6 Å². The fourth-order valence-corrected chi connectivity index (χ4v) is 13.2. The van der Waals surface area contributed by atoms with Crippen LogP contribution in [0.15, 0.2) is 36.4 Å². The van der Waals surface area contributed by atoms with E-state index in [-0.39, 0.29) is 47.5 Å². The molecular weight excluding hydrogens is 885 g/mol. The predicted molar refractivity (Wildman–Crippen MR) is 214 cm³/mol. The van der Waals surface area contributed by atoms with Gasteiger partial charge in [0.25, 0.3) is 32.1 Å². The Bertz CT molecular complexity index is 2330. The lowest BCUT2D eigenvalue weighted by Gasteiger charge is -2.48. The van der Waals surface area contributed by atoms with Gasteiger partial charge >= 0.3 is 22.5 Å². The van der Waals surface area contributed by atoms with E-state index in [0.29, 0.717) is 37.8 Å². The van der Waals surface area contributed by atoms with Crippen LogP contribution in [0, 0.1) is 13.1 Å². The Balaban J connectivity index is 0.000000228. The highest BCUT2D eigenvalue weighted by atomic mass is 32.2. The second-order valence-corrected chi connectivity index (χ2v) is 19.8. The Hall–Kier alpha value is -4.14. The number of carbonyl (C=O) groups is 2. The van der Waals surface area contributed by atoms with Gasteiger partial charge < -0.3 is 0 Å². The molecule has 3 N–H and O–H groups in total. The average molecular weight is 924 g/mol. The van der Waals surface area contributed by atoms with E-state index in [1.165, 1.54) is 39.8 Å². The number of benzene rings is 2. The number of hydrogen-bond donors (Lipinski definition) is 2. The first-order valence-corrected chi connectivity index (χ1v) is 22.0. The molecule has 4 atom stereocenters. The fraction of sp³-hybridized carbons (Fsp3) is 0.500.